The summed E-state index contributed by atoms with van der Waals surface area (Å²) in [5, 5.41) is 3.43. The van der Waals surface area contributed by atoms with Gasteiger partial charge in [-0.25, -0.2) is 4.98 Å². The highest BCUT2D eigenvalue weighted by Crippen LogP contribution is 1.86. The summed E-state index contributed by atoms with van der Waals surface area (Å²) in [5.41, 5.74) is 0. The first kappa shape index (κ1) is 14.9. The second kappa shape index (κ2) is 7.97. The minimum atomic E-state index is 0. The number of rotatable bonds is 0. The number of oxazole rings is 1. The lowest BCUT2D eigenvalue weighted by molar-refractivity contribution is 0.412. The van der Waals surface area contributed by atoms with Crippen LogP contribution in [0.2, 0.25) is 0 Å². The Labute approximate surface area is 84.2 Å². The fraction of sp³-hybridized carbons (Fsp3) is 0.444. The van der Waals surface area contributed by atoms with Gasteiger partial charge < -0.3 is 8.94 Å². The fourth-order valence-electron chi connectivity index (χ4n) is 0.518. The summed E-state index contributed by atoms with van der Waals surface area (Å²) in [7, 11) is 0. The molecule has 0 radical (unpaired) electrons. The smallest absolute Gasteiger partial charge is 0.213 e. The molecule has 0 aliphatic heterocycles. The van der Waals surface area contributed by atoms with Crippen molar-refractivity contribution in [2.45, 2.75) is 28.7 Å². The molecule has 0 bridgehead atoms. The average Bonchev–Trinajstić information content (AvgIpc) is 2.63. The SMILES string of the molecule is C.C.Cc1ncco1.Cc1ncon1. The minimum absolute atomic E-state index is 0. The first-order chi connectivity index (χ1) is 5.79. The maximum atomic E-state index is 4.72. The van der Waals surface area contributed by atoms with Crippen molar-refractivity contribution in [1.82, 2.24) is 15.1 Å². The van der Waals surface area contributed by atoms with Crippen LogP contribution in [-0.2, 0) is 0 Å². The standard InChI is InChI=1S/C4H5NO.C3H4N2O.2CH4/c1-4-5-2-3-6-4;1-3-4-2-6-5-3;;/h2-3H,1H3;2H,1H3;2*1H4. The van der Waals surface area contributed by atoms with E-state index in [0.717, 1.165) is 5.89 Å². The molecular formula is C9H17N3O2. The summed E-state index contributed by atoms with van der Waals surface area (Å²) in [6, 6.07) is 0. The molecule has 0 N–H and O–H groups in total. The van der Waals surface area contributed by atoms with E-state index in [2.05, 4.69) is 19.6 Å². The second-order valence-corrected chi connectivity index (χ2v) is 2.03. The van der Waals surface area contributed by atoms with Gasteiger partial charge in [0.15, 0.2) is 11.7 Å². The highest BCUT2D eigenvalue weighted by molar-refractivity contribution is 4.72. The van der Waals surface area contributed by atoms with Gasteiger partial charge in [-0.3, -0.25) is 0 Å². The quantitative estimate of drug-likeness (QED) is 0.652. The molecule has 14 heavy (non-hydrogen) atoms. The van der Waals surface area contributed by atoms with Gasteiger partial charge in [0, 0.05) is 6.92 Å². The zero-order chi connectivity index (χ0) is 8.81. The van der Waals surface area contributed by atoms with Crippen molar-refractivity contribution < 1.29 is 8.94 Å². The van der Waals surface area contributed by atoms with Crippen LogP contribution >= 0.6 is 0 Å². The van der Waals surface area contributed by atoms with E-state index in [9.17, 15) is 0 Å². The van der Waals surface area contributed by atoms with Gasteiger partial charge >= 0.3 is 0 Å². The molecule has 0 saturated heterocycles. The molecule has 0 aromatic carbocycles. The summed E-state index contributed by atoms with van der Waals surface area (Å²) in [6.07, 6.45) is 4.47. The number of hydrogen-bond acceptors (Lipinski definition) is 5. The van der Waals surface area contributed by atoms with Crippen LogP contribution in [0.3, 0.4) is 0 Å². The van der Waals surface area contributed by atoms with Crippen LogP contribution in [0.25, 0.3) is 0 Å². The largest absolute Gasteiger partial charge is 0.449 e. The third kappa shape index (κ3) is 5.93. The Balaban J connectivity index is 0. The topological polar surface area (TPSA) is 65.0 Å². The maximum Gasteiger partial charge on any atom is 0.213 e. The molecule has 0 unspecified atom stereocenters. The molecular weight excluding hydrogens is 182 g/mol. The third-order valence-corrected chi connectivity index (χ3v) is 1.03. The summed E-state index contributed by atoms with van der Waals surface area (Å²) >= 11 is 0. The van der Waals surface area contributed by atoms with Crippen LogP contribution in [0.1, 0.15) is 26.6 Å². The lowest BCUT2D eigenvalue weighted by Gasteiger charge is -1.67. The lowest BCUT2D eigenvalue weighted by Crippen LogP contribution is -1.66. The molecule has 0 atom stereocenters. The van der Waals surface area contributed by atoms with Crippen LogP contribution < -0.4 is 0 Å². The van der Waals surface area contributed by atoms with Gasteiger partial charge in [0.05, 0.1) is 6.20 Å². The highest BCUT2D eigenvalue weighted by atomic mass is 16.5. The van der Waals surface area contributed by atoms with Crippen LogP contribution in [0.4, 0.5) is 0 Å². The molecule has 2 aromatic rings. The maximum absolute atomic E-state index is 4.72. The van der Waals surface area contributed by atoms with E-state index in [-0.39, 0.29) is 14.9 Å². The van der Waals surface area contributed by atoms with E-state index >= 15 is 0 Å². The molecule has 2 aromatic heterocycles. The second-order valence-electron chi connectivity index (χ2n) is 2.03. The van der Waals surface area contributed by atoms with Gasteiger partial charge in [0.2, 0.25) is 6.39 Å². The van der Waals surface area contributed by atoms with E-state index in [0.29, 0.717) is 5.82 Å². The van der Waals surface area contributed by atoms with E-state index < -0.39 is 0 Å². The van der Waals surface area contributed by atoms with Gasteiger partial charge in [-0.15, -0.1) is 0 Å². The molecule has 80 valence electrons. The molecule has 0 aliphatic carbocycles. The van der Waals surface area contributed by atoms with Gasteiger partial charge in [0.1, 0.15) is 6.26 Å². The Kier molecular flexibility index (Phi) is 8.46. The zero-order valence-electron chi connectivity index (χ0n) is 6.89. The molecule has 0 spiro atoms. The van der Waals surface area contributed by atoms with Crippen molar-refractivity contribution in [1.29, 1.82) is 0 Å². The van der Waals surface area contributed by atoms with Crippen LogP contribution in [-0.4, -0.2) is 15.1 Å². The van der Waals surface area contributed by atoms with E-state index in [1.54, 1.807) is 26.3 Å². The number of aryl methyl sites for hydroxylation is 2. The molecule has 5 heteroatoms. The fourth-order valence-corrected chi connectivity index (χ4v) is 0.518. The van der Waals surface area contributed by atoms with Crippen LogP contribution in [0.15, 0.2) is 27.8 Å². The minimum Gasteiger partial charge on any atom is -0.449 e. The molecule has 2 heterocycles. The Morgan fingerprint density at radius 1 is 1.14 bits per heavy atom. The van der Waals surface area contributed by atoms with E-state index in [1.807, 2.05) is 0 Å². The highest BCUT2D eigenvalue weighted by Gasteiger charge is 1.79. The van der Waals surface area contributed by atoms with Crippen LogP contribution in [0.5, 0.6) is 0 Å². The van der Waals surface area contributed by atoms with Crippen molar-refractivity contribution >= 4 is 0 Å². The average molecular weight is 199 g/mol. The summed E-state index contributed by atoms with van der Waals surface area (Å²) < 4.78 is 9.08. The molecule has 0 fully saturated rings. The molecule has 5 nitrogen and oxygen atoms in total. The van der Waals surface area contributed by atoms with Crippen molar-refractivity contribution in [3.8, 4) is 0 Å². The van der Waals surface area contributed by atoms with E-state index in [1.165, 1.54) is 6.39 Å². The number of hydrogen-bond donors (Lipinski definition) is 0. The van der Waals surface area contributed by atoms with Gasteiger partial charge in [0.25, 0.3) is 0 Å². The van der Waals surface area contributed by atoms with Crippen molar-refractivity contribution in [3.05, 3.63) is 30.6 Å². The normalized spacial score (nSPS) is 7.57. The Hall–Kier alpha value is -1.65. The Morgan fingerprint density at radius 2 is 1.86 bits per heavy atom. The predicted molar refractivity (Wildman–Crippen MR) is 53.7 cm³/mol. The molecule has 2 rings (SSSR count). The summed E-state index contributed by atoms with van der Waals surface area (Å²) in [5.74, 6) is 1.39. The third-order valence-electron chi connectivity index (χ3n) is 1.03. The Bertz CT molecular complexity index is 257. The lowest BCUT2D eigenvalue weighted by atomic mass is 10.8. The van der Waals surface area contributed by atoms with Crippen LogP contribution in [0, 0.1) is 13.8 Å². The zero-order valence-corrected chi connectivity index (χ0v) is 6.89. The van der Waals surface area contributed by atoms with Gasteiger partial charge in [-0.05, 0) is 6.92 Å². The first-order valence-corrected chi connectivity index (χ1v) is 3.38. The van der Waals surface area contributed by atoms with Gasteiger partial charge in [-0.1, -0.05) is 20.0 Å². The monoisotopic (exact) mass is 199 g/mol. The first-order valence-electron chi connectivity index (χ1n) is 3.38. The van der Waals surface area contributed by atoms with Crippen molar-refractivity contribution in [2.75, 3.05) is 0 Å². The Morgan fingerprint density at radius 3 is 2.00 bits per heavy atom. The van der Waals surface area contributed by atoms with Crippen molar-refractivity contribution in [3.63, 3.8) is 0 Å². The number of aromatic nitrogens is 3. The number of nitrogens with zero attached hydrogens (tertiary/aromatic N) is 3. The summed E-state index contributed by atoms with van der Waals surface area (Å²) in [4.78, 5) is 7.39. The van der Waals surface area contributed by atoms with E-state index in [4.69, 9.17) is 4.42 Å². The van der Waals surface area contributed by atoms with Crippen molar-refractivity contribution in [2.24, 2.45) is 0 Å². The predicted octanol–water partition coefficient (Wildman–Crippen LogP) is 2.63. The molecule has 0 saturated carbocycles. The molecule has 0 aliphatic rings. The summed E-state index contributed by atoms with van der Waals surface area (Å²) in [6.45, 7) is 3.57. The van der Waals surface area contributed by atoms with Gasteiger partial charge in [-0.2, -0.15) is 4.98 Å². The molecule has 0 amide bonds.